The molecule has 7 heteroatoms. The third-order valence-corrected chi connectivity index (χ3v) is 6.91. The van der Waals surface area contributed by atoms with Crippen LogP contribution in [0.3, 0.4) is 0 Å². The predicted octanol–water partition coefficient (Wildman–Crippen LogP) is 2.05. The molecule has 1 aromatic carbocycles. The third-order valence-electron chi connectivity index (χ3n) is 5.00. The molecule has 1 atom stereocenters. The molecule has 0 unspecified atom stereocenters. The van der Waals surface area contributed by atoms with Crippen LogP contribution in [-0.2, 0) is 14.8 Å². The Morgan fingerprint density at radius 1 is 1.04 bits per heavy atom. The standard InChI is InChI=1S/C18H24N2O4S/c1-14(21)15-7-6-8-16(13-15)25(23,24)20-12-3-2-9-17(20)18(22)19-10-4-5-11-19/h6-8,13,17H,2-5,9-12H2,1H3/t17-/m1/s1. The summed E-state index contributed by atoms with van der Waals surface area (Å²) in [4.78, 5) is 26.3. The molecule has 1 aromatic rings. The number of Topliss-reactive ketones (excluding diaryl/α,β-unsaturated/α-hetero) is 1. The van der Waals surface area contributed by atoms with Crippen molar-refractivity contribution in [1.29, 1.82) is 0 Å². The van der Waals surface area contributed by atoms with E-state index in [4.69, 9.17) is 0 Å². The second-order valence-electron chi connectivity index (χ2n) is 6.74. The summed E-state index contributed by atoms with van der Waals surface area (Å²) in [6, 6.07) is 5.45. The minimum Gasteiger partial charge on any atom is -0.341 e. The number of hydrogen-bond donors (Lipinski definition) is 0. The molecule has 3 rings (SSSR count). The second-order valence-corrected chi connectivity index (χ2v) is 8.63. The number of nitrogens with zero attached hydrogens (tertiary/aromatic N) is 2. The zero-order chi connectivity index (χ0) is 18.0. The van der Waals surface area contributed by atoms with Crippen molar-refractivity contribution >= 4 is 21.7 Å². The number of carbonyl (C=O) groups excluding carboxylic acids is 2. The molecular formula is C18H24N2O4S. The molecule has 6 nitrogen and oxygen atoms in total. The largest absolute Gasteiger partial charge is 0.341 e. The Bertz CT molecular complexity index is 769. The van der Waals surface area contributed by atoms with Gasteiger partial charge in [-0.25, -0.2) is 8.42 Å². The summed E-state index contributed by atoms with van der Waals surface area (Å²) < 4.78 is 27.6. The van der Waals surface area contributed by atoms with Crippen LogP contribution in [0.4, 0.5) is 0 Å². The van der Waals surface area contributed by atoms with Crippen LogP contribution in [0.2, 0.25) is 0 Å². The molecule has 2 aliphatic rings. The van der Waals surface area contributed by atoms with E-state index < -0.39 is 16.1 Å². The number of rotatable bonds is 4. The molecule has 0 N–H and O–H groups in total. The van der Waals surface area contributed by atoms with E-state index in [0.717, 1.165) is 25.7 Å². The highest BCUT2D eigenvalue weighted by Gasteiger charge is 2.39. The van der Waals surface area contributed by atoms with Gasteiger partial charge in [-0.1, -0.05) is 18.6 Å². The average Bonchev–Trinajstić information content (AvgIpc) is 3.16. The van der Waals surface area contributed by atoms with Crippen molar-refractivity contribution in [3.63, 3.8) is 0 Å². The van der Waals surface area contributed by atoms with Gasteiger partial charge in [0.2, 0.25) is 15.9 Å². The zero-order valence-electron chi connectivity index (χ0n) is 14.5. The van der Waals surface area contributed by atoms with E-state index in [1.54, 1.807) is 17.0 Å². The lowest BCUT2D eigenvalue weighted by atomic mass is 10.0. The molecule has 0 radical (unpaired) electrons. The summed E-state index contributed by atoms with van der Waals surface area (Å²) in [7, 11) is -3.81. The van der Waals surface area contributed by atoms with Gasteiger partial charge >= 0.3 is 0 Å². The molecule has 2 heterocycles. The highest BCUT2D eigenvalue weighted by molar-refractivity contribution is 7.89. The number of piperidine rings is 1. The quantitative estimate of drug-likeness (QED) is 0.767. The van der Waals surface area contributed by atoms with Crippen molar-refractivity contribution in [1.82, 2.24) is 9.21 Å². The first kappa shape index (κ1) is 18.1. The molecule has 0 bridgehead atoms. The lowest BCUT2D eigenvalue weighted by Crippen LogP contribution is -2.52. The van der Waals surface area contributed by atoms with E-state index in [-0.39, 0.29) is 16.6 Å². The highest BCUT2D eigenvalue weighted by Crippen LogP contribution is 2.28. The molecule has 0 saturated carbocycles. The first-order chi connectivity index (χ1) is 11.9. The molecule has 1 amide bonds. The van der Waals surface area contributed by atoms with Gasteiger partial charge in [0.25, 0.3) is 0 Å². The van der Waals surface area contributed by atoms with Gasteiger partial charge in [-0.3, -0.25) is 9.59 Å². The highest BCUT2D eigenvalue weighted by atomic mass is 32.2. The first-order valence-corrected chi connectivity index (χ1v) is 10.3. The molecule has 0 aromatic heterocycles. The number of sulfonamides is 1. The maximum absolute atomic E-state index is 13.1. The lowest BCUT2D eigenvalue weighted by Gasteiger charge is -2.35. The van der Waals surface area contributed by atoms with E-state index in [1.165, 1.54) is 23.4 Å². The molecular weight excluding hydrogens is 340 g/mol. The van der Waals surface area contributed by atoms with Crippen LogP contribution in [0.15, 0.2) is 29.2 Å². The molecule has 2 saturated heterocycles. The van der Waals surface area contributed by atoms with Gasteiger partial charge in [0, 0.05) is 25.2 Å². The van der Waals surface area contributed by atoms with Crippen molar-refractivity contribution in [2.24, 2.45) is 0 Å². The van der Waals surface area contributed by atoms with Gasteiger partial charge in [0.1, 0.15) is 6.04 Å². The summed E-state index contributed by atoms with van der Waals surface area (Å²) in [5.74, 6) is -0.260. The predicted molar refractivity (Wildman–Crippen MR) is 93.8 cm³/mol. The van der Waals surface area contributed by atoms with Crippen molar-refractivity contribution < 1.29 is 18.0 Å². The van der Waals surface area contributed by atoms with Crippen molar-refractivity contribution in [3.8, 4) is 0 Å². The number of hydrogen-bond acceptors (Lipinski definition) is 4. The van der Waals surface area contributed by atoms with Crippen LogP contribution in [0.25, 0.3) is 0 Å². The van der Waals surface area contributed by atoms with Crippen LogP contribution < -0.4 is 0 Å². The molecule has 25 heavy (non-hydrogen) atoms. The molecule has 136 valence electrons. The zero-order valence-corrected chi connectivity index (χ0v) is 15.3. The fourth-order valence-corrected chi connectivity index (χ4v) is 5.30. The van der Waals surface area contributed by atoms with Crippen molar-refractivity contribution in [3.05, 3.63) is 29.8 Å². The van der Waals surface area contributed by atoms with Crippen molar-refractivity contribution in [2.75, 3.05) is 19.6 Å². The Balaban J connectivity index is 1.91. The number of benzene rings is 1. The van der Waals surface area contributed by atoms with E-state index in [2.05, 4.69) is 0 Å². The lowest BCUT2D eigenvalue weighted by molar-refractivity contribution is -0.135. The van der Waals surface area contributed by atoms with Crippen LogP contribution in [0, 0.1) is 0 Å². The van der Waals surface area contributed by atoms with Gasteiger partial charge in [0.15, 0.2) is 5.78 Å². The van der Waals surface area contributed by atoms with Gasteiger partial charge in [-0.2, -0.15) is 4.31 Å². The molecule has 0 aliphatic carbocycles. The van der Waals surface area contributed by atoms with Crippen LogP contribution in [0.5, 0.6) is 0 Å². The summed E-state index contributed by atoms with van der Waals surface area (Å²) in [6.07, 6.45) is 4.11. The molecule has 0 spiro atoms. The van der Waals surface area contributed by atoms with Gasteiger partial charge < -0.3 is 4.90 Å². The van der Waals surface area contributed by atoms with Crippen molar-refractivity contribution in [2.45, 2.75) is 50.0 Å². The fraction of sp³-hybridized carbons (Fsp3) is 0.556. The first-order valence-electron chi connectivity index (χ1n) is 8.83. The Kier molecular flexibility index (Phi) is 5.24. The number of ketones is 1. The van der Waals surface area contributed by atoms with Crippen LogP contribution >= 0.6 is 0 Å². The Hall–Kier alpha value is -1.73. The molecule has 2 aliphatic heterocycles. The van der Waals surface area contributed by atoms with Gasteiger partial charge in [0.05, 0.1) is 4.90 Å². The summed E-state index contributed by atoms with van der Waals surface area (Å²) in [6.45, 7) is 3.18. The summed E-state index contributed by atoms with van der Waals surface area (Å²) in [5, 5.41) is 0. The van der Waals surface area contributed by atoms with E-state index in [1.807, 2.05) is 0 Å². The minimum absolute atomic E-state index is 0.0801. The Labute approximate surface area is 148 Å². The Morgan fingerprint density at radius 2 is 1.72 bits per heavy atom. The average molecular weight is 364 g/mol. The monoisotopic (exact) mass is 364 g/mol. The maximum Gasteiger partial charge on any atom is 0.243 e. The van der Waals surface area contributed by atoms with Crippen LogP contribution in [-0.4, -0.2) is 55.0 Å². The van der Waals surface area contributed by atoms with E-state index >= 15 is 0 Å². The third kappa shape index (κ3) is 3.62. The smallest absolute Gasteiger partial charge is 0.243 e. The fourth-order valence-electron chi connectivity index (χ4n) is 3.60. The number of likely N-dealkylation sites (tertiary alicyclic amines) is 1. The minimum atomic E-state index is -3.81. The SMILES string of the molecule is CC(=O)c1cccc(S(=O)(=O)N2CCCC[C@@H]2C(=O)N2CCCC2)c1. The molecule has 2 fully saturated rings. The van der Waals surface area contributed by atoms with Gasteiger partial charge in [-0.15, -0.1) is 0 Å². The number of amides is 1. The maximum atomic E-state index is 13.1. The summed E-state index contributed by atoms with van der Waals surface area (Å²) in [5.41, 5.74) is 0.362. The number of carbonyl (C=O) groups is 2. The van der Waals surface area contributed by atoms with Crippen LogP contribution in [0.1, 0.15) is 49.4 Å². The van der Waals surface area contributed by atoms with Gasteiger partial charge in [-0.05, 0) is 44.7 Å². The normalized spacial score (nSPS) is 22.1. The van der Waals surface area contributed by atoms with E-state index in [9.17, 15) is 18.0 Å². The Morgan fingerprint density at radius 3 is 2.40 bits per heavy atom. The summed E-state index contributed by atoms with van der Waals surface area (Å²) >= 11 is 0. The topological polar surface area (TPSA) is 74.8 Å². The van der Waals surface area contributed by atoms with E-state index in [0.29, 0.717) is 31.6 Å². The second kappa shape index (κ2) is 7.25.